The van der Waals surface area contributed by atoms with Crippen LogP contribution in [0.4, 0.5) is 20.4 Å². The van der Waals surface area contributed by atoms with Gasteiger partial charge in [-0.15, -0.1) is 0 Å². The second kappa shape index (κ2) is 7.38. The van der Waals surface area contributed by atoms with E-state index in [0.717, 1.165) is 25.7 Å². The normalized spacial score (nSPS) is 16.1. The van der Waals surface area contributed by atoms with Crippen molar-refractivity contribution in [2.45, 2.75) is 26.2 Å². The summed E-state index contributed by atoms with van der Waals surface area (Å²) in [7, 11) is 0. The first-order valence-corrected chi connectivity index (χ1v) is 7.27. The third kappa shape index (κ3) is 4.03. The molecule has 0 bridgehead atoms. The van der Waals surface area contributed by atoms with Crippen LogP contribution in [0, 0.1) is 11.6 Å². The summed E-state index contributed by atoms with van der Waals surface area (Å²) in [4.78, 5) is 6.30. The molecule has 0 unspecified atom stereocenters. The Hall–Kier alpha value is -1.43. The molecule has 112 valence electrons. The van der Waals surface area contributed by atoms with E-state index in [4.69, 9.17) is 0 Å². The predicted octanol–water partition coefficient (Wildman–Crippen LogP) is 2.69. The number of rotatable bonds is 6. The number of anilines is 2. The number of hydrogen-bond donors (Lipinski definition) is 2. The van der Waals surface area contributed by atoms with Crippen molar-refractivity contribution in [2.24, 2.45) is 0 Å². The molecule has 1 aromatic heterocycles. The molecule has 1 aliphatic rings. The SMILES string of the molecule is CCNc1nc(NCCN2CCCCC2)c(F)cc1F. The van der Waals surface area contributed by atoms with Gasteiger partial charge in [0.2, 0.25) is 0 Å². The molecule has 1 aromatic rings. The number of pyridine rings is 1. The van der Waals surface area contributed by atoms with Gasteiger partial charge in [0, 0.05) is 25.7 Å². The number of halogens is 2. The predicted molar refractivity (Wildman–Crippen MR) is 77.1 cm³/mol. The van der Waals surface area contributed by atoms with E-state index in [-0.39, 0.29) is 11.6 Å². The average molecular weight is 284 g/mol. The van der Waals surface area contributed by atoms with Crippen LogP contribution < -0.4 is 10.6 Å². The van der Waals surface area contributed by atoms with E-state index in [1.807, 2.05) is 6.92 Å². The lowest BCUT2D eigenvalue weighted by Crippen LogP contribution is -2.33. The number of nitrogens with zero attached hydrogens (tertiary/aromatic N) is 2. The van der Waals surface area contributed by atoms with Gasteiger partial charge in [-0.3, -0.25) is 0 Å². The lowest BCUT2D eigenvalue weighted by atomic mass is 10.1. The second-order valence-corrected chi connectivity index (χ2v) is 5.01. The molecule has 1 aliphatic heterocycles. The maximum Gasteiger partial charge on any atom is 0.168 e. The van der Waals surface area contributed by atoms with E-state index in [1.54, 1.807) is 0 Å². The van der Waals surface area contributed by atoms with Crippen molar-refractivity contribution in [1.82, 2.24) is 9.88 Å². The van der Waals surface area contributed by atoms with Gasteiger partial charge in [-0.25, -0.2) is 13.8 Å². The van der Waals surface area contributed by atoms with Gasteiger partial charge in [0.25, 0.3) is 0 Å². The third-order valence-corrected chi connectivity index (χ3v) is 3.44. The first kappa shape index (κ1) is 15.0. The van der Waals surface area contributed by atoms with E-state index >= 15 is 0 Å². The van der Waals surface area contributed by atoms with Crippen LogP contribution in [0.2, 0.25) is 0 Å². The molecular formula is C14H22F2N4. The highest BCUT2D eigenvalue weighted by atomic mass is 19.1. The van der Waals surface area contributed by atoms with Crippen LogP contribution in [-0.2, 0) is 0 Å². The quantitative estimate of drug-likeness (QED) is 0.842. The van der Waals surface area contributed by atoms with Gasteiger partial charge in [-0.2, -0.15) is 0 Å². The Morgan fingerprint density at radius 3 is 2.40 bits per heavy atom. The Labute approximate surface area is 118 Å². The van der Waals surface area contributed by atoms with Gasteiger partial charge in [0.1, 0.15) is 0 Å². The highest BCUT2D eigenvalue weighted by molar-refractivity contribution is 5.47. The van der Waals surface area contributed by atoms with Crippen molar-refractivity contribution in [2.75, 3.05) is 43.4 Å². The van der Waals surface area contributed by atoms with Crippen molar-refractivity contribution in [1.29, 1.82) is 0 Å². The molecule has 6 heteroatoms. The zero-order valence-electron chi connectivity index (χ0n) is 11.9. The molecule has 2 rings (SSSR count). The van der Waals surface area contributed by atoms with Crippen LogP contribution in [0.3, 0.4) is 0 Å². The van der Waals surface area contributed by atoms with Crippen molar-refractivity contribution in [3.8, 4) is 0 Å². The maximum atomic E-state index is 13.6. The largest absolute Gasteiger partial charge is 0.368 e. The smallest absolute Gasteiger partial charge is 0.168 e. The van der Waals surface area contributed by atoms with Crippen molar-refractivity contribution in [3.05, 3.63) is 17.7 Å². The molecule has 0 aliphatic carbocycles. The minimum absolute atomic E-state index is 0.0920. The summed E-state index contributed by atoms with van der Waals surface area (Å²) >= 11 is 0. The van der Waals surface area contributed by atoms with Crippen molar-refractivity contribution in [3.63, 3.8) is 0 Å². The summed E-state index contributed by atoms with van der Waals surface area (Å²) in [5.41, 5.74) is 0. The number of hydrogen-bond acceptors (Lipinski definition) is 4. The lowest BCUT2D eigenvalue weighted by molar-refractivity contribution is 0.237. The third-order valence-electron chi connectivity index (χ3n) is 3.44. The zero-order valence-corrected chi connectivity index (χ0v) is 11.9. The number of nitrogens with one attached hydrogen (secondary N) is 2. The first-order valence-electron chi connectivity index (χ1n) is 7.27. The fourth-order valence-corrected chi connectivity index (χ4v) is 2.40. The Bertz CT molecular complexity index is 433. The number of aromatic nitrogens is 1. The Balaban J connectivity index is 1.89. The molecule has 1 fully saturated rings. The van der Waals surface area contributed by atoms with E-state index in [9.17, 15) is 8.78 Å². The van der Waals surface area contributed by atoms with Gasteiger partial charge in [-0.1, -0.05) is 6.42 Å². The van der Waals surface area contributed by atoms with Gasteiger partial charge in [-0.05, 0) is 32.9 Å². The molecule has 0 aromatic carbocycles. The van der Waals surface area contributed by atoms with Gasteiger partial charge in [0.15, 0.2) is 23.3 Å². The summed E-state index contributed by atoms with van der Waals surface area (Å²) < 4.78 is 27.1. The molecular weight excluding hydrogens is 262 g/mol. The summed E-state index contributed by atoms with van der Waals surface area (Å²) in [6, 6.07) is 0.869. The fourth-order valence-electron chi connectivity index (χ4n) is 2.40. The summed E-state index contributed by atoms with van der Waals surface area (Å²) in [5.74, 6) is -1.11. The molecule has 20 heavy (non-hydrogen) atoms. The van der Waals surface area contributed by atoms with Crippen molar-refractivity contribution >= 4 is 11.6 Å². The standard InChI is InChI=1S/C14H22F2N4/c1-2-17-13-11(15)10-12(16)14(19-13)18-6-9-20-7-4-3-5-8-20/h10H,2-9H2,1H3,(H2,17,18,19). The highest BCUT2D eigenvalue weighted by Gasteiger charge is 2.12. The van der Waals surface area contributed by atoms with Crippen LogP contribution in [-0.4, -0.2) is 42.6 Å². The second-order valence-electron chi connectivity index (χ2n) is 5.01. The molecule has 1 saturated heterocycles. The average Bonchev–Trinajstić information content (AvgIpc) is 2.45. The molecule has 2 N–H and O–H groups in total. The van der Waals surface area contributed by atoms with Crippen LogP contribution in [0.15, 0.2) is 6.07 Å². The molecule has 0 spiro atoms. The monoisotopic (exact) mass is 284 g/mol. The Kier molecular flexibility index (Phi) is 5.52. The lowest BCUT2D eigenvalue weighted by Gasteiger charge is -2.26. The summed E-state index contributed by atoms with van der Waals surface area (Å²) in [6.45, 7) is 6.06. The molecule has 0 amide bonds. The molecule has 2 heterocycles. The molecule has 0 atom stereocenters. The minimum atomic E-state index is -0.661. The van der Waals surface area contributed by atoms with Gasteiger partial charge in [0.05, 0.1) is 0 Å². The van der Waals surface area contributed by atoms with Crippen LogP contribution in [0.25, 0.3) is 0 Å². The minimum Gasteiger partial charge on any atom is -0.368 e. The first-order chi connectivity index (χ1) is 9.70. The highest BCUT2D eigenvalue weighted by Crippen LogP contribution is 2.18. The topological polar surface area (TPSA) is 40.2 Å². The Morgan fingerprint density at radius 2 is 1.75 bits per heavy atom. The van der Waals surface area contributed by atoms with E-state index < -0.39 is 11.6 Å². The van der Waals surface area contributed by atoms with Crippen LogP contribution >= 0.6 is 0 Å². The van der Waals surface area contributed by atoms with Gasteiger partial charge < -0.3 is 15.5 Å². The van der Waals surface area contributed by atoms with E-state index in [0.29, 0.717) is 13.1 Å². The number of piperidine rings is 1. The molecule has 0 radical (unpaired) electrons. The molecule has 4 nitrogen and oxygen atoms in total. The van der Waals surface area contributed by atoms with Crippen molar-refractivity contribution < 1.29 is 8.78 Å². The van der Waals surface area contributed by atoms with Crippen LogP contribution in [0.1, 0.15) is 26.2 Å². The van der Waals surface area contributed by atoms with E-state index in [2.05, 4.69) is 20.5 Å². The zero-order chi connectivity index (χ0) is 14.4. The molecule has 0 saturated carbocycles. The van der Waals surface area contributed by atoms with Crippen LogP contribution in [0.5, 0.6) is 0 Å². The summed E-state index contributed by atoms with van der Waals surface area (Å²) in [5, 5.41) is 5.73. The number of likely N-dealkylation sites (tertiary alicyclic amines) is 1. The fraction of sp³-hybridized carbons (Fsp3) is 0.643. The van der Waals surface area contributed by atoms with E-state index in [1.165, 1.54) is 19.3 Å². The Morgan fingerprint density at radius 1 is 1.10 bits per heavy atom. The summed E-state index contributed by atoms with van der Waals surface area (Å²) in [6.07, 6.45) is 3.76. The van der Waals surface area contributed by atoms with Gasteiger partial charge >= 0.3 is 0 Å². The maximum absolute atomic E-state index is 13.6.